The first kappa shape index (κ1) is 24.0. The van der Waals surface area contributed by atoms with Crippen LogP contribution in [-0.4, -0.2) is 48.1 Å². The van der Waals surface area contributed by atoms with Gasteiger partial charge < -0.3 is 9.47 Å². The Morgan fingerprint density at radius 1 is 1.26 bits per heavy atom. The molecule has 4 heterocycles. The number of amides is 2. The highest BCUT2D eigenvalue weighted by Crippen LogP contribution is 2.43. The molecule has 1 aromatic heterocycles. The van der Waals surface area contributed by atoms with Gasteiger partial charge in [-0.1, -0.05) is 26.8 Å². The van der Waals surface area contributed by atoms with Crippen molar-refractivity contribution in [2.75, 3.05) is 20.2 Å². The molecule has 5 atom stereocenters. The number of hydrogen-bond donors (Lipinski definition) is 2. The smallest absolute Gasteiger partial charge is 0.426 e. The van der Waals surface area contributed by atoms with Gasteiger partial charge in [-0.15, -0.1) is 6.58 Å². The molecule has 3 saturated heterocycles. The van der Waals surface area contributed by atoms with Crippen molar-refractivity contribution in [3.63, 3.8) is 0 Å². The van der Waals surface area contributed by atoms with E-state index in [4.69, 9.17) is 9.47 Å². The molecule has 2 bridgehead atoms. The molecule has 0 radical (unpaired) electrons. The normalized spacial score (nSPS) is 24.8. The summed E-state index contributed by atoms with van der Waals surface area (Å²) in [5.74, 6) is 1.36. The van der Waals surface area contributed by atoms with E-state index in [1.807, 2.05) is 30.3 Å². The number of hydrazine groups is 1. The minimum atomic E-state index is -0.696. The van der Waals surface area contributed by atoms with Crippen LogP contribution in [0.15, 0.2) is 43.1 Å². The quantitative estimate of drug-likeness (QED) is 0.511. The summed E-state index contributed by atoms with van der Waals surface area (Å²) in [6.07, 6.45) is 4.55. The van der Waals surface area contributed by atoms with Crippen LogP contribution in [0.1, 0.15) is 45.3 Å². The van der Waals surface area contributed by atoms with E-state index in [1.54, 1.807) is 34.1 Å². The van der Waals surface area contributed by atoms with Crippen molar-refractivity contribution >= 4 is 22.9 Å². The molecule has 3 aliphatic rings. The van der Waals surface area contributed by atoms with Crippen LogP contribution < -0.4 is 15.6 Å². The lowest BCUT2D eigenvalue weighted by atomic mass is 9.73. The van der Waals surface area contributed by atoms with Crippen molar-refractivity contribution in [1.29, 1.82) is 0 Å². The van der Waals surface area contributed by atoms with E-state index < -0.39 is 17.6 Å². The molecule has 4 unspecified atom stereocenters. The van der Waals surface area contributed by atoms with E-state index in [1.165, 1.54) is 0 Å². The second-order valence-corrected chi connectivity index (χ2v) is 10.2. The Morgan fingerprint density at radius 3 is 2.71 bits per heavy atom. The molecule has 0 saturated carbocycles. The molecule has 0 spiro atoms. The van der Waals surface area contributed by atoms with Gasteiger partial charge in [-0.3, -0.25) is 20.1 Å². The number of rotatable bonds is 5. The zero-order valence-corrected chi connectivity index (χ0v) is 20.3. The highest BCUT2D eigenvalue weighted by Gasteiger charge is 2.44. The number of piperidine rings is 3. The van der Waals surface area contributed by atoms with Crippen LogP contribution in [0, 0.1) is 17.3 Å². The molecule has 2 aromatic rings. The first-order valence-electron chi connectivity index (χ1n) is 11.8. The first-order chi connectivity index (χ1) is 16.2. The van der Waals surface area contributed by atoms with E-state index in [0.29, 0.717) is 17.6 Å². The first-order valence-corrected chi connectivity index (χ1v) is 11.8. The predicted octanol–water partition coefficient (Wildman–Crippen LogP) is 3.98. The van der Waals surface area contributed by atoms with Crippen LogP contribution in [0.4, 0.5) is 4.79 Å². The van der Waals surface area contributed by atoms with Crippen molar-refractivity contribution < 1.29 is 19.1 Å². The van der Waals surface area contributed by atoms with Gasteiger partial charge in [-0.05, 0) is 55.5 Å². The van der Waals surface area contributed by atoms with E-state index in [-0.39, 0.29) is 11.9 Å². The van der Waals surface area contributed by atoms with Gasteiger partial charge in [0.15, 0.2) is 0 Å². The van der Waals surface area contributed by atoms with Crippen LogP contribution in [0.3, 0.4) is 0 Å². The topological polar surface area (TPSA) is 92.8 Å². The fourth-order valence-electron chi connectivity index (χ4n) is 5.00. The Labute approximate surface area is 200 Å². The molecule has 182 valence electrons. The lowest BCUT2D eigenvalue weighted by Gasteiger charge is -2.51. The number of fused-ring (bicyclic) bond motifs is 4. The van der Waals surface area contributed by atoms with Crippen molar-refractivity contribution in [3.05, 3.63) is 48.7 Å². The number of aromatic nitrogens is 1. The summed E-state index contributed by atoms with van der Waals surface area (Å²) >= 11 is 0. The van der Waals surface area contributed by atoms with Gasteiger partial charge in [-0.2, -0.15) is 0 Å². The van der Waals surface area contributed by atoms with Crippen LogP contribution in [0.5, 0.6) is 5.75 Å². The zero-order valence-electron chi connectivity index (χ0n) is 20.3. The number of carbonyl (C=O) groups excluding carboxylic acids is 2. The minimum Gasteiger partial charge on any atom is -0.497 e. The molecule has 34 heavy (non-hydrogen) atoms. The average molecular weight is 467 g/mol. The van der Waals surface area contributed by atoms with Crippen LogP contribution in [0.25, 0.3) is 10.9 Å². The maximum Gasteiger partial charge on any atom is 0.426 e. The summed E-state index contributed by atoms with van der Waals surface area (Å²) in [7, 11) is 1.62. The van der Waals surface area contributed by atoms with Gasteiger partial charge in [-0.25, -0.2) is 10.2 Å². The van der Waals surface area contributed by atoms with E-state index in [0.717, 1.165) is 42.4 Å². The van der Waals surface area contributed by atoms with E-state index >= 15 is 0 Å². The van der Waals surface area contributed by atoms with Crippen LogP contribution in [0.2, 0.25) is 0 Å². The number of pyridine rings is 1. The van der Waals surface area contributed by atoms with E-state index in [2.05, 4.69) is 27.3 Å². The predicted molar refractivity (Wildman–Crippen MR) is 130 cm³/mol. The monoisotopic (exact) mass is 466 g/mol. The Morgan fingerprint density at radius 2 is 2.06 bits per heavy atom. The Kier molecular flexibility index (Phi) is 6.79. The molecule has 2 N–H and O–H groups in total. The van der Waals surface area contributed by atoms with E-state index in [9.17, 15) is 9.59 Å². The van der Waals surface area contributed by atoms with Gasteiger partial charge in [0, 0.05) is 29.1 Å². The molecule has 2 amide bonds. The molecule has 8 nitrogen and oxygen atoms in total. The van der Waals surface area contributed by atoms with Gasteiger partial charge in [0.1, 0.15) is 11.9 Å². The number of nitrogens with one attached hydrogen (secondary N) is 2. The third-order valence-electron chi connectivity index (χ3n) is 6.99. The van der Waals surface area contributed by atoms with Gasteiger partial charge in [0.2, 0.25) is 5.91 Å². The molecule has 3 fully saturated rings. The highest BCUT2D eigenvalue weighted by atomic mass is 16.6. The number of carbonyl (C=O) groups is 2. The summed E-state index contributed by atoms with van der Waals surface area (Å²) in [5, 5.41) is 0.876. The summed E-state index contributed by atoms with van der Waals surface area (Å²) < 4.78 is 11.5. The van der Waals surface area contributed by atoms with Crippen molar-refractivity contribution in [2.45, 2.75) is 45.8 Å². The highest BCUT2D eigenvalue weighted by molar-refractivity contribution is 5.85. The molecule has 0 aliphatic carbocycles. The second-order valence-electron chi connectivity index (χ2n) is 10.2. The Balaban J connectivity index is 1.66. The Hall–Kier alpha value is -3.13. The average Bonchev–Trinajstić information content (AvgIpc) is 2.84. The third-order valence-corrected chi connectivity index (χ3v) is 6.99. The van der Waals surface area contributed by atoms with Crippen LogP contribution in [-0.2, 0) is 9.53 Å². The molecule has 5 rings (SSSR count). The molecule has 8 heteroatoms. The summed E-state index contributed by atoms with van der Waals surface area (Å²) in [5.41, 5.74) is 5.92. The molecular formula is C26H34N4O4. The molecular weight excluding hydrogens is 432 g/mol. The van der Waals surface area contributed by atoms with Gasteiger partial charge >= 0.3 is 6.09 Å². The summed E-state index contributed by atoms with van der Waals surface area (Å²) in [6.45, 7) is 11.2. The van der Waals surface area contributed by atoms with Crippen molar-refractivity contribution in [2.24, 2.45) is 17.3 Å². The standard InChI is InChI=1S/C26H34N4O4/c1-6-16-15-30-12-10-17(16)13-22(30)23(34-25(32)29-28-24(31)26(2,3)4)19-9-11-27-21-8-7-18(33-5)14-20(19)21/h6-9,11,14,16-17,22-23H,1,10,12-13,15H2,2-5H3,(H,28,31)(H,29,32)/t16?,17?,22?,23-/m1/s1. The third kappa shape index (κ3) is 4.87. The fraction of sp³-hybridized carbons (Fsp3) is 0.500. The second kappa shape index (κ2) is 9.62. The fourth-order valence-corrected chi connectivity index (χ4v) is 5.00. The van der Waals surface area contributed by atoms with Crippen LogP contribution >= 0.6 is 0 Å². The number of ether oxygens (including phenoxy) is 2. The lowest BCUT2D eigenvalue weighted by molar-refractivity contribution is -0.129. The number of methoxy groups -OCH3 is 1. The maximum atomic E-state index is 12.9. The SMILES string of the molecule is C=CC1CN2CCC1CC2[C@H](OC(=O)NNC(=O)C(C)(C)C)c1ccnc2ccc(OC)cc12. The largest absolute Gasteiger partial charge is 0.497 e. The maximum absolute atomic E-state index is 12.9. The number of benzene rings is 1. The number of nitrogens with zero attached hydrogens (tertiary/aromatic N) is 2. The zero-order chi connectivity index (χ0) is 24.5. The van der Waals surface area contributed by atoms with Gasteiger partial charge in [0.05, 0.1) is 18.7 Å². The lowest BCUT2D eigenvalue weighted by Crippen LogP contribution is -2.56. The Bertz CT molecular complexity index is 1080. The summed E-state index contributed by atoms with van der Waals surface area (Å²) in [4.78, 5) is 32.0. The van der Waals surface area contributed by atoms with Crippen molar-refractivity contribution in [1.82, 2.24) is 20.7 Å². The molecule has 3 aliphatic heterocycles. The van der Waals surface area contributed by atoms with Crippen molar-refractivity contribution in [3.8, 4) is 5.75 Å². The van der Waals surface area contributed by atoms with Gasteiger partial charge in [0.25, 0.3) is 0 Å². The molecule has 1 aromatic carbocycles. The summed E-state index contributed by atoms with van der Waals surface area (Å²) in [6, 6.07) is 7.61. The number of hydrogen-bond acceptors (Lipinski definition) is 6. The minimum absolute atomic E-state index is 0.0100.